The van der Waals surface area contributed by atoms with Gasteiger partial charge in [0, 0.05) is 17.3 Å². The third-order valence-electron chi connectivity index (χ3n) is 3.81. The molecule has 0 amide bonds. The van der Waals surface area contributed by atoms with Crippen molar-refractivity contribution in [3.8, 4) is 0 Å². The van der Waals surface area contributed by atoms with Crippen molar-refractivity contribution in [1.82, 2.24) is 0 Å². The van der Waals surface area contributed by atoms with Gasteiger partial charge in [0.2, 0.25) is 0 Å². The summed E-state index contributed by atoms with van der Waals surface area (Å²) in [5, 5.41) is 0. The highest BCUT2D eigenvalue weighted by atomic mass is 79.9. The van der Waals surface area contributed by atoms with E-state index < -0.39 is 0 Å². The molecule has 1 nitrogen and oxygen atoms in total. The maximum absolute atomic E-state index is 12.1. The number of ketones is 1. The fourth-order valence-corrected chi connectivity index (χ4v) is 3.06. The molecular weight excluding hydrogens is 288 g/mol. The Hall–Kier alpha value is -0.630. The second kappa shape index (κ2) is 7.08. The summed E-state index contributed by atoms with van der Waals surface area (Å²) in [6.45, 7) is 0. The van der Waals surface area contributed by atoms with Gasteiger partial charge in [0.05, 0.1) is 0 Å². The molecule has 1 fully saturated rings. The molecule has 18 heavy (non-hydrogen) atoms. The molecule has 1 aliphatic rings. The largest absolute Gasteiger partial charge is 0.299 e. The molecule has 0 aromatic heterocycles. The Bertz CT molecular complexity index is 375. The fourth-order valence-electron chi connectivity index (χ4n) is 2.79. The van der Waals surface area contributed by atoms with Crippen LogP contribution in [-0.2, 0) is 11.2 Å². The predicted molar refractivity (Wildman–Crippen MR) is 78.7 cm³/mol. The maximum Gasteiger partial charge on any atom is 0.137 e. The van der Waals surface area contributed by atoms with Crippen LogP contribution in [0.5, 0.6) is 0 Å². The molecule has 0 unspecified atom stereocenters. The number of hydrogen-bond donors (Lipinski definition) is 0. The highest BCUT2D eigenvalue weighted by molar-refractivity contribution is 9.10. The van der Waals surface area contributed by atoms with E-state index in [9.17, 15) is 4.79 Å². The van der Waals surface area contributed by atoms with Crippen LogP contribution >= 0.6 is 15.9 Å². The second-order valence-corrected chi connectivity index (χ2v) is 6.32. The first-order chi connectivity index (χ1) is 8.74. The predicted octanol–water partition coefficient (Wildman–Crippen LogP) is 4.92. The van der Waals surface area contributed by atoms with Crippen LogP contribution in [0.15, 0.2) is 28.7 Å². The van der Waals surface area contributed by atoms with Crippen molar-refractivity contribution in [2.75, 3.05) is 0 Å². The third-order valence-corrected chi connectivity index (χ3v) is 4.33. The molecule has 0 radical (unpaired) electrons. The Kier molecular flexibility index (Phi) is 5.43. The number of carbonyl (C=O) groups excluding carboxylic acids is 1. The summed E-state index contributed by atoms with van der Waals surface area (Å²) < 4.78 is 1.07. The van der Waals surface area contributed by atoms with E-state index in [4.69, 9.17) is 0 Å². The lowest BCUT2D eigenvalue weighted by Gasteiger charge is -2.12. The molecule has 2 heteroatoms. The molecule has 1 saturated carbocycles. The summed E-state index contributed by atoms with van der Waals surface area (Å²) in [5.74, 6) is 1.06. The van der Waals surface area contributed by atoms with Crippen LogP contribution < -0.4 is 0 Å². The average molecular weight is 309 g/mol. The van der Waals surface area contributed by atoms with Gasteiger partial charge in [-0.3, -0.25) is 4.79 Å². The number of benzene rings is 1. The van der Waals surface area contributed by atoms with Gasteiger partial charge in [-0.1, -0.05) is 66.6 Å². The minimum Gasteiger partial charge on any atom is -0.299 e. The molecule has 98 valence electrons. The van der Waals surface area contributed by atoms with Crippen LogP contribution in [0.1, 0.15) is 50.5 Å². The monoisotopic (exact) mass is 308 g/mol. The van der Waals surface area contributed by atoms with Crippen molar-refractivity contribution in [2.24, 2.45) is 5.92 Å². The standard InChI is InChI=1S/C16H21BrO/c17-15-9-7-14(8-10-15)12-16(18)11-13-5-3-1-2-4-6-13/h7-10,13H,1-6,11-12H2. The molecule has 0 saturated heterocycles. The smallest absolute Gasteiger partial charge is 0.137 e. The number of halogens is 1. The van der Waals surface area contributed by atoms with Crippen LogP contribution in [0, 0.1) is 5.92 Å². The number of carbonyl (C=O) groups is 1. The summed E-state index contributed by atoms with van der Waals surface area (Å²) >= 11 is 3.42. The first-order valence-electron chi connectivity index (χ1n) is 7.00. The Balaban J connectivity index is 1.82. The van der Waals surface area contributed by atoms with Crippen molar-refractivity contribution < 1.29 is 4.79 Å². The molecule has 0 bridgehead atoms. The van der Waals surface area contributed by atoms with Gasteiger partial charge in [0.1, 0.15) is 5.78 Å². The Labute approximate surface area is 118 Å². The van der Waals surface area contributed by atoms with E-state index >= 15 is 0 Å². The van der Waals surface area contributed by atoms with Crippen molar-refractivity contribution in [2.45, 2.75) is 51.4 Å². The molecule has 0 atom stereocenters. The van der Waals surface area contributed by atoms with E-state index in [0.29, 0.717) is 18.1 Å². The molecule has 1 aliphatic carbocycles. The first kappa shape index (κ1) is 13.8. The summed E-state index contributed by atoms with van der Waals surface area (Å²) in [6.07, 6.45) is 9.25. The molecule has 0 aliphatic heterocycles. The normalized spacial score (nSPS) is 17.4. The minimum absolute atomic E-state index is 0.407. The van der Waals surface area contributed by atoms with Gasteiger partial charge >= 0.3 is 0 Å². The van der Waals surface area contributed by atoms with E-state index in [2.05, 4.69) is 15.9 Å². The topological polar surface area (TPSA) is 17.1 Å². The van der Waals surface area contributed by atoms with E-state index in [1.54, 1.807) is 0 Å². The molecule has 0 heterocycles. The van der Waals surface area contributed by atoms with Crippen LogP contribution in [-0.4, -0.2) is 5.78 Å². The summed E-state index contributed by atoms with van der Waals surface area (Å²) in [5.41, 5.74) is 1.14. The zero-order chi connectivity index (χ0) is 12.8. The lowest BCUT2D eigenvalue weighted by atomic mass is 9.92. The fraction of sp³-hybridized carbons (Fsp3) is 0.562. The SMILES string of the molecule is O=C(Cc1ccc(Br)cc1)CC1CCCCCC1. The lowest BCUT2D eigenvalue weighted by molar-refractivity contribution is -0.119. The zero-order valence-electron chi connectivity index (χ0n) is 10.8. The summed E-state index contributed by atoms with van der Waals surface area (Å²) in [6, 6.07) is 8.09. The molecule has 0 N–H and O–H groups in total. The quantitative estimate of drug-likeness (QED) is 0.721. The van der Waals surface area contributed by atoms with Crippen LogP contribution in [0.3, 0.4) is 0 Å². The molecular formula is C16H21BrO. The first-order valence-corrected chi connectivity index (χ1v) is 7.79. The van der Waals surface area contributed by atoms with Crippen molar-refractivity contribution in [3.63, 3.8) is 0 Å². The van der Waals surface area contributed by atoms with Gasteiger partial charge in [-0.05, 0) is 23.6 Å². The second-order valence-electron chi connectivity index (χ2n) is 5.40. The average Bonchev–Trinajstić information content (AvgIpc) is 2.61. The van der Waals surface area contributed by atoms with Crippen molar-refractivity contribution >= 4 is 21.7 Å². The number of hydrogen-bond acceptors (Lipinski definition) is 1. The number of Topliss-reactive ketones (excluding diaryl/α,β-unsaturated/α-hetero) is 1. The Morgan fingerprint density at radius 3 is 2.28 bits per heavy atom. The van der Waals surface area contributed by atoms with Crippen LogP contribution in [0.25, 0.3) is 0 Å². The molecule has 1 aromatic rings. The van der Waals surface area contributed by atoms with Crippen LogP contribution in [0.4, 0.5) is 0 Å². The Morgan fingerprint density at radius 2 is 1.67 bits per heavy atom. The molecule has 2 rings (SSSR count). The number of rotatable bonds is 4. The summed E-state index contributed by atoms with van der Waals surface area (Å²) in [4.78, 5) is 12.1. The molecule has 1 aromatic carbocycles. The van der Waals surface area contributed by atoms with Crippen molar-refractivity contribution in [3.05, 3.63) is 34.3 Å². The lowest BCUT2D eigenvalue weighted by Crippen LogP contribution is -2.10. The van der Waals surface area contributed by atoms with Gasteiger partial charge in [-0.15, -0.1) is 0 Å². The van der Waals surface area contributed by atoms with Gasteiger partial charge in [-0.25, -0.2) is 0 Å². The zero-order valence-corrected chi connectivity index (χ0v) is 12.4. The van der Waals surface area contributed by atoms with E-state index in [0.717, 1.165) is 16.5 Å². The highest BCUT2D eigenvalue weighted by Crippen LogP contribution is 2.26. The van der Waals surface area contributed by atoms with Gasteiger partial charge in [-0.2, -0.15) is 0 Å². The van der Waals surface area contributed by atoms with E-state index in [1.165, 1.54) is 38.5 Å². The van der Waals surface area contributed by atoms with Gasteiger partial charge in [0.25, 0.3) is 0 Å². The van der Waals surface area contributed by atoms with Crippen LogP contribution in [0.2, 0.25) is 0 Å². The maximum atomic E-state index is 12.1. The van der Waals surface area contributed by atoms with E-state index in [-0.39, 0.29) is 0 Å². The van der Waals surface area contributed by atoms with E-state index in [1.807, 2.05) is 24.3 Å². The highest BCUT2D eigenvalue weighted by Gasteiger charge is 2.16. The molecule has 0 spiro atoms. The van der Waals surface area contributed by atoms with Crippen molar-refractivity contribution in [1.29, 1.82) is 0 Å². The Morgan fingerprint density at radius 1 is 1.06 bits per heavy atom. The summed E-state index contributed by atoms with van der Waals surface area (Å²) in [7, 11) is 0. The van der Waals surface area contributed by atoms with Gasteiger partial charge < -0.3 is 0 Å². The van der Waals surface area contributed by atoms with Gasteiger partial charge in [0.15, 0.2) is 0 Å². The minimum atomic E-state index is 0.407. The third kappa shape index (κ3) is 4.56.